The van der Waals surface area contributed by atoms with Crippen LogP contribution >= 0.6 is 15.9 Å². The Balaban J connectivity index is 2.29. The van der Waals surface area contributed by atoms with Crippen molar-refractivity contribution >= 4 is 32.8 Å². The lowest BCUT2D eigenvalue weighted by atomic mass is 10.2. The fraction of sp³-hybridized carbons (Fsp3) is 0. The molecule has 5 N–H and O–H groups in total. The number of H-pyrrole nitrogens is 3. The van der Waals surface area contributed by atoms with Gasteiger partial charge in [-0.3, -0.25) is 14.8 Å². The summed E-state index contributed by atoms with van der Waals surface area (Å²) in [6.45, 7) is 0. The predicted octanol–water partition coefficient (Wildman–Crippen LogP) is 0.951. The molecule has 0 fully saturated rings. The third kappa shape index (κ3) is 2.06. The van der Waals surface area contributed by atoms with E-state index in [-0.39, 0.29) is 11.2 Å². The van der Waals surface area contributed by atoms with E-state index in [9.17, 15) is 9.59 Å². The molecule has 0 amide bonds. The molecule has 2 heterocycles. The quantitative estimate of drug-likeness (QED) is 0.498. The van der Waals surface area contributed by atoms with Crippen LogP contribution in [0.1, 0.15) is 0 Å². The summed E-state index contributed by atoms with van der Waals surface area (Å²) in [7, 11) is 0. The van der Waals surface area contributed by atoms with Gasteiger partial charge in [0.25, 0.3) is 5.56 Å². The lowest BCUT2D eigenvalue weighted by molar-refractivity contribution is 1.07. The van der Waals surface area contributed by atoms with E-state index in [1.165, 1.54) is 0 Å². The van der Waals surface area contributed by atoms with Gasteiger partial charge in [-0.1, -0.05) is 15.9 Å². The lowest BCUT2D eigenvalue weighted by Crippen LogP contribution is -2.21. The van der Waals surface area contributed by atoms with E-state index in [0.717, 1.165) is 4.47 Å². The number of nitrogen functional groups attached to an aromatic ring is 1. The van der Waals surface area contributed by atoms with Crippen molar-refractivity contribution in [3.8, 4) is 11.4 Å². The summed E-state index contributed by atoms with van der Waals surface area (Å²) >= 11 is 3.33. The number of aromatic amines is 3. The highest BCUT2D eigenvalue weighted by molar-refractivity contribution is 9.10. The molecule has 3 aromatic rings. The number of nitrogens with two attached hydrogens (primary N) is 1. The number of anilines is 1. The van der Waals surface area contributed by atoms with Gasteiger partial charge in [0.05, 0.1) is 0 Å². The molecule has 0 unspecified atom stereocenters. The molecule has 0 radical (unpaired) electrons. The molecular formula is C11H8BrN5O2. The SMILES string of the molecule is Nc1cc(Br)cc(-c2nc3[nH]c(=O)[nH]c(=O)c3[nH]2)c1. The van der Waals surface area contributed by atoms with E-state index < -0.39 is 11.2 Å². The van der Waals surface area contributed by atoms with Gasteiger partial charge >= 0.3 is 5.69 Å². The van der Waals surface area contributed by atoms with Crippen LogP contribution in [0.2, 0.25) is 0 Å². The molecule has 96 valence electrons. The Labute approximate surface area is 114 Å². The van der Waals surface area contributed by atoms with Gasteiger partial charge in [0.15, 0.2) is 5.65 Å². The van der Waals surface area contributed by atoms with Gasteiger partial charge in [0.1, 0.15) is 11.3 Å². The second-order valence-corrected chi connectivity index (χ2v) is 4.91. The maximum absolute atomic E-state index is 11.6. The Morgan fingerprint density at radius 3 is 2.63 bits per heavy atom. The van der Waals surface area contributed by atoms with Crippen molar-refractivity contribution in [1.29, 1.82) is 0 Å². The Hall–Kier alpha value is -2.35. The summed E-state index contributed by atoms with van der Waals surface area (Å²) in [5, 5.41) is 0. The molecule has 1 aromatic carbocycles. The minimum absolute atomic E-state index is 0.210. The van der Waals surface area contributed by atoms with E-state index in [1.54, 1.807) is 18.2 Å². The van der Waals surface area contributed by atoms with Crippen LogP contribution in [0.4, 0.5) is 5.69 Å². The third-order valence-corrected chi connectivity index (χ3v) is 3.04. The lowest BCUT2D eigenvalue weighted by Gasteiger charge is -2.00. The van der Waals surface area contributed by atoms with Crippen LogP contribution in [0.3, 0.4) is 0 Å². The van der Waals surface area contributed by atoms with Crippen LogP contribution in [0.15, 0.2) is 32.3 Å². The van der Waals surface area contributed by atoms with E-state index in [1.807, 2.05) is 0 Å². The molecule has 0 atom stereocenters. The Kier molecular flexibility index (Phi) is 2.53. The highest BCUT2D eigenvalue weighted by Gasteiger charge is 2.10. The summed E-state index contributed by atoms with van der Waals surface area (Å²) < 4.78 is 0.797. The molecule has 19 heavy (non-hydrogen) atoms. The topological polar surface area (TPSA) is 120 Å². The number of rotatable bonds is 1. The van der Waals surface area contributed by atoms with Crippen LogP contribution in [-0.4, -0.2) is 19.9 Å². The minimum atomic E-state index is -0.593. The molecule has 0 bridgehead atoms. The summed E-state index contributed by atoms with van der Waals surface area (Å²) in [5.74, 6) is 0.454. The smallest absolute Gasteiger partial charge is 0.327 e. The van der Waals surface area contributed by atoms with Crippen LogP contribution < -0.4 is 17.0 Å². The molecule has 8 heteroatoms. The number of nitrogens with one attached hydrogen (secondary N) is 3. The van der Waals surface area contributed by atoms with Crippen molar-refractivity contribution in [3.05, 3.63) is 43.5 Å². The number of benzene rings is 1. The predicted molar refractivity (Wildman–Crippen MR) is 74.9 cm³/mol. The normalized spacial score (nSPS) is 11.0. The first kappa shape index (κ1) is 11.7. The summed E-state index contributed by atoms with van der Waals surface area (Å²) in [4.78, 5) is 34.4. The van der Waals surface area contributed by atoms with Gasteiger partial charge in [0.2, 0.25) is 0 Å². The Bertz CT molecular complexity index is 872. The van der Waals surface area contributed by atoms with E-state index in [0.29, 0.717) is 17.1 Å². The second kappa shape index (κ2) is 4.09. The van der Waals surface area contributed by atoms with Crippen molar-refractivity contribution < 1.29 is 0 Å². The zero-order valence-electron chi connectivity index (χ0n) is 9.45. The van der Waals surface area contributed by atoms with E-state index in [4.69, 9.17) is 5.73 Å². The molecule has 0 saturated carbocycles. The molecular weight excluding hydrogens is 314 g/mol. The highest BCUT2D eigenvalue weighted by Crippen LogP contribution is 2.24. The van der Waals surface area contributed by atoms with Gasteiger partial charge in [-0.15, -0.1) is 0 Å². The number of fused-ring (bicyclic) bond motifs is 1. The van der Waals surface area contributed by atoms with Gasteiger partial charge in [-0.05, 0) is 18.2 Å². The minimum Gasteiger partial charge on any atom is -0.399 e. The average molecular weight is 322 g/mol. The Morgan fingerprint density at radius 1 is 1.11 bits per heavy atom. The zero-order valence-corrected chi connectivity index (χ0v) is 11.0. The average Bonchev–Trinajstić information content (AvgIpc) is 2.71. The van der Waals surface area contributed by atoms with Crippen LogP contribution in [-0.2, 0) is 0 Å². The highest BCUT2D eigenvalue weighted by atomic mass is 79.9. The second-order valence-electron chi connectivity index (χ2n) is 3.99. The maximum atomic E-state index is 11.6. The van der Waals surface area contributed by atoms with Crippen molar-refractivity contribution in [3.63, 3.8) is 0 Å². The molecule has 0 aliphatic heterocycles. The third-order valence-electron chi connectivity index (χ3n) is 2.58. The maximum Gasteiger partial charge on any atom is 0.327 e. The molecule has 0 aliphatic rings. The van der Waals surface area contributed by atoms with Crippen LogP contribution in [0.25, 0.3) is 22.6 Å². The van der Waals surface area contributed by atoms with Gasteiger partial charge in [0, 0.05) is 15.7 Å². The molecule has 3 rings (SSSR count). The molecule has 0 saturated heterocycles. The first-order chi connectivity index (χ1) is 9.02. The van der Waals surface area contributed by atoms with Crippen molar-refractivity contribution in [2.75, 3.05) is 5.73 Å². The zero-order chi connectivity index (χ0) is 13.6. The summed E-state index contributed by atoms with van der Waals surface area (Å²) in [5.41, 5.74) is 6.34. The number of hydrogen-bond acceptors (Lipinski definition) is 4. The molecule has 7 nitrogen and oxygen atoms in total. The number of nitrogens with zero attached hydrogens (tertiary/aromatic N) is 1. The Morgan fingerprint density at radius 2 is 1.89 bits per heavy atom. The van der Waals surface area contributed by atoms with E-state index in [2.05, 4.69) is 35.9 Å². The number of imidazole rings is 1. The number of hydrogen-bond donors (Lipinski definition) is 4. The van der Waals surface area contributed by atoms with Crippen LogP contribution in [0, 0.1) is 0 Å². The van der Waals surface area contributed by atoms with Gasteiger partial charge in [-0.2, -0.15) is 0 Å². The number of halogens is 1. The van der Waals surface area contributed by atoms with E-state index >= 15 is 0 Å². The fourth-order valence-corrected chi connectivity index (χ4v) is 2.33. The largest absolute Gasteiger partial charge is 0.399 e. The van der Waals surface area contributed by atoms with Crippen molar-refractivity contribution in [2.24, 2.45) is 0 Å². The monoisotopic (exact) mass is 321 g/mol. The standard InChI is InChI=1S/C11H8BrN5O2/c12-5-1-4(2-6(13)3-5)8-14-7-9(15-8)16-11(19)17-10(7)18/h1-3H,13H2,(H3,14,15,16,17,18,19). The fourth-order valence-electron chi connectivity index (χ4n) is 1.82. The molecule has 2 aromatic heterocycles. The molecule has 0 spiro atoms. The van der Waals surface area contributed by atoms with Gasteiger partial charge < -0.3 is 10.7 Å². The molecule has 0 aliphatic carbocycles. The summed E-state index contributed by atoms with van der Waals surface area (Å²) in [6.07, 6.45) is 0. The van der Waals surface area contributed by atoms with Crippen molar-refractivity contribution in [1.82, 2.24) is 19.9 Å². The van der Waals surface area contributed by atoms with Gasteiger partial charge in [-0.25, -0.2) is 9.78 Å². The number of aromatic nitrogens is 4. The summed E-state index contributed by atoms with van der Waals surface area (Å²) in [6, 6.07) is 5.27. The first-order valence-corrected chi connectivity index (χ1v) is 6.11. The van der Waals surface area contributed by atoms with Crippen LogP contribution in [0.5, 0.6) is 0 Å². The first-order valence-electron chi connectivity index (χ1n) is 5.32. The van der Waals surface area contributed by atoms with Crippen molar-refractivity contribution in [2.45, 2.75) is 0 Å².